The third-order valence-electron chi connectivity index (χ3n) is 3.31. The van der Waals surface area contributed by atoms with Crippen LogP contribution < -0.4 is 11.1 Å². The van der Waals surface area contributed by atoms with Crippen LogP contribution in [-0.2, 0) is 0 Å². The smallest absolute Gasteiger partial charge is 0.223 e. The lowest BCUT2D eigenvalue weighted by atomic mass is 9.81. The highest BCUT2D eigenvalue weighted by atomic mass is 15.1. The van der Waals surface area contributed by atoms with Gasteiger partial charge in [-0.1, -0.05) is 18.2 Å². The third-order valence-corrected chi connectivity index (χ3v) is 3.31. The summed E-state index contributed by atoms with van der Waals surface area (Å²) in [6.07, 6.45) is 4.08. The summed E-state index contributed by atoms with van der Waals surface area (Å²) >= 11 is 0. The van der Waals surface area contributed by atoms with Crippen molar-refractivity contribution in [2.45, 2.75) is 18.9 Å². The summed E-state index contributed by atoms with van der Waals surface area (Å²) in [5, 5.41) is 4.35. The summed E-state index contributed by atoms with van der Waals surface area (Å²) in [7, 11) is 0. The van der Waals surface area contributed by atoms with Crippen LogP contribution >= 0.6 is 0 Å². The van der Waals surface area contributed by atoms with E-state index in [0.717, 1.165) is 30.3 Å². The van der Waals surface area contributed by atoms with Crippen LogP contribution in [0.2, 0.25) is 0 Å². The van der Waals surface area contributed by atoms with Gasteiger partial charge in [0.1, 0.15) is 0 Å². The van der Waals surface area contributed by atoms with Gasteiger partial charge in [-0.2, -0.15) is 0 Å². The van der Waals surface area contributed by atoms with Crippen LogP contribution in [0.4, 0.5) is 5.95 Å². The van der Waals surface area contributed by atoms with Crippen molar-refractivity contribution >= 4 is 16.9 Å². The van der Waals surface area contributed by atoms with Gasteiger partial charge in [-0.05, 0) is 24.8 Å². The van der Waals surface area contributed by atoms with E-state index in [1.807, 2.05) is 30.5 Å². The molecule has 1 saturated carbocycles. The summed E-state index contributed by atoms with van der Waals surface area (Å²) < 4.78 is 0. The van der Waals surface area contributed by atoms with Gasteiger partial charge in [0, 0.05) is 24.2 Å². The summed E-state index contributed by atoms with van der Waals surface area (Å²) in [5.41, 5.74) is 6.73. The van der Waals surface area contributed by atoms with Gasteiger partial charge in [0.05, 0.1) is 5.52 Å². The molecule has 0 spiro atoms. The first-order valence-corrected chi connectivity index (χ1v) is 6.02. The molecular weight excluding hydrogens is 212 g/mol. The van der Waals surface area contributed by atoms with Crippen LogP contribution in [-0.4, -0.2) is 22.6 Å². The van der Waals surface area contributed by atoms with Crippen LogP contribution in [0.3, 0.4) is 0 Å². The fraction of sp³-hybridized carbons (Fsp3) is 0.385. The maximum absolute atomic E-state index is 5.75. The van der Waals surface area contributed by atoms with E-state index >= 15 is 0 Å². The Morgan fingerprint density at radius 1 is 1.29 bits per heavy atom. The minimum atomic E-state index is 0.402. The Hall–Kier alpha value is -1.68. The lowest BCUT2D eigenvalue weighted by Crippen LogP contribution is -2.39. The second-order valence-electron chi connectivity index (χ2n) is 4.73. The molecule has 88 valence electrons. The lowest BCUT2D eigenvalue weighted by Gasteiger charge is -2.32. The van der Waals surface area contributed by atoms with Crippen LogP contribution in [0.15, 0.2) is 30.5 Å². The van der Waals surface area contributed by atoms with E-state index in [4.69, 9.17) is 5.73 Å². The quantitative estimate of drug-likeness (QED) is 0.840. The molecule has 0 atom stereocenters. The predicted octanol–water partition coefficient (Wildman–Crippen LogP) is 1.78. The molecule has 2 aromatic rings. The second-order valence-corrected chi connectivity index (χ2v) is 4.73. The Kier molecular flexibility index (Phi) is 2.65. The van der Waals surface area contributed by atoms with Gasteiger partial charge in [0.2, 0.25) is 5.95 Å². The van der Waals surface area contributed by atoms with Crippen LogP contribution in [0, 0.1) is 5.92 Å². The molecule has 3 rings (SSSR count). The Morgan fingerprint density at radius 2 is 2.12 bits per heavy atom. The Bertz CT molecular complexity index is 520. The van der Waals surface area contributed by atoms with Crippen LogP contribution in [0.5, 0.6) is 0 Å². The topological polar surface area (TPSA) is 63.8 Å². The standard InChI is InChI=1S/C13H16N4/c14-11-5-9(6-11)7-15-13-16-8-10-3-1-2-4-12(10)17-13/h1-4,8-9,11H,5-7,14H2,(H,15,16,17). The average Bonchev–Trinajstić information content (AvgIpc) is 2.33. The largest absolute Gasteiger partial charge is 0.354 e. The van der Waals surface area contributed by atoms with Crippen molar-refractivity contribution in [2.24, 2.45) is 11.7 Å². The number of para-hydroxylation sites is 1. The summed E-state index contributed by atoms with van der Waals surface area (Å²) in [6, 6.07) is 8.41. The Labute approximate surface area is 100 Å². The van der Waals surface area contributed by atoms with E-state index in [9.17, 15) is 0 Å². The number of hydrogen-bond acceptors (Lipinski definition) is 4. The number of benzene rings is 1. The van der Waals surface area contributed by atoms with E-state index < -0.39 is 0 Å². The van der Waals surface area contributed by atoms with E-state index in [-0.39, 0.29) is 0 Å². The Balaban J connectivity index is 1.68. The number of nitrogens with two attached hydrogens (primary N) is 1. The first kappa shape index (κ1) is 10.5. The molecule has 0 unspecified atom stereocenters. The number of nitrogens with zero attached hydrogens (tertiary/aromatic N) is 2. The number of fused-ring (bicyclic) bond motifs is 1. The maximum Gasteiger partial charge on any atom is 0.223 e. The number of aromatic nitrogens is 2. The summed E-state index contributed by atoms with van der Waals surface area (Å²) in [5.74, 6) is 1.39. The minimum Gasteiger partial charge on any atom is -0.354 e. The molecule has 0 bridgehead atoms. The molecule has 17 heavy (non-hydrogen) atoms. The number of hydrogen-bond donors (Lipinski definition) is 2. The molecule has 4 nitrogen and oxygen atoms in total. The maximum atomic E-state index is 5.75. The number of anilines is 1. The van der Waals surface area contributed by atoms with Gasteiger partial charge in [-0.15, -0.1) is 0 Å². The average molecular weight is 228 g/mol. The zero-order chi connectivity index (χ0) is 11.7. The molecule has 0 aliphatic heterocycles. The van der Waals surface area contributed by atoms with Crippen molar-refractivity contribution in [1.29, 1.82) is 0 Å². The van der Waals surface area contributed by atoms with Crippen LogP contribution in [0.25, 0.3) is 10.9 Å². The van der Waals surface area contributed by atoms with E-state index in [1.54, 1.807) is 0 Å². The van der Waals surface area contributed by atoms with Crippen molar-refractivity contribution in [3.8, 4) is 0 Å². The fourth-order valence-corrected chi connectivity index (χ4v) is 2.25. The molecule has 4 heteroatoms. The van der Waals surface area contributed by atoms with Crippen molar-refractivity contribution in [1.82, 2.24) is 9.97 Å². The highest BCUT2D eigenvalue weighted by Gasteiger charge is 2.25. The van der Waals surface area contributed by atoms with Crippen LogP contribution in [0.1, 0.15) is 12.8 Å². The molecule has 0 saturated heterocycles. The highest BCUT2D eigenvalue weighted by molar-refractivity contribution is 5.78. The normalized spacial score (nSPS) is 23.4. The summed E-state index contributed by atoms with van der Waals surface area (Å²) in [6.45, 7) is 0.923. The molecule has 0 amide bonds. The van der Waals surface area contributed by atoms with Gasteiger partial charge < -0.3 is 11.1 Å². The molecule has 1 aliphatic rings. The molecule has 0 radical (unpaired) electrons. The van der Waals surface area contributed by atoms with Crippen molar-refractivity contribution in [2.75, 3.05) is 11.9 Å². The molecular formula is C13H16N4. The predicted molar refractivity (Wildman–Crippen MR) is 68.7 cm³/mol. The van der Waals surface area contributed by atoms with Gasteiger partial charge in [0.15, 0.2) is 0 Å². The summed E-state index contributed by atoms with van der Waals surface area (Å²) in [4.78, 5) is 8.77. The highest BCUT2D eigenvalue weighted by Crippen LogP contribution is 2.25. The van der Waals surface area contributed by atoms with Crippen molar-refractivity contribution in [3.63, 3.8) is 0 Å². The molecule has 1 heterocycles. The first-order chi connectivity index (χ1) is 8.31. The number of rotatable bonds is 3. The van der Waals surface area contributed by atoms with Gasteiger partial charge in [-0.25, -0.2) is 9.97 Å². The van der Waals surface area contributed by atoms with E-state index in [2.05, 4.69) is 15.3 Å². The van der Waals surface area contributed by atoms with Gasteiger partial charge in [0.25, 0.3) is 0 Å². The molecule has 1 aromatic heterocycles. The SMILES string of the molecule is NC1CC(CNc2ncc3ccccc3n2)C1. The second kappa shape index (κ2) is 4.30. The Morgan fingerprint density at radius 3 is 2.94 bits per heavy atom. The monoisotopic (exact) mass is 228 g/mol. The van der Waals surface area contributed by atoms with Crippen molar-refractivity contribution in [3.05, 3.63) is 30.5 Å². The molecule has 1 fully saturated rings. The lowest BCUT2D eigenvalue weighted by molar-refractivity contribution is 0.279. The first-order valence-electron chi connectivity index (χ1n) is 6.02. The molecule has 1 aromatic carbocycles. The zero-order valence-corrected chi connectivity index (χ0v) is 9.63. The molecule has 3 N–H and O–H groups in total. The number of nitrogens with one attached hydrogen (secondary N) is 1. The van der Waals surface area contributed by atoms with E-state index in [1.165, 1.54) is 0 Å². The third kappa shape index (κ3) is 2.22. The zero-order valence-electron chi connectivity index (χ0n) is 9.63. The fourth-order valence-electron chi connectivity index (χ4n) is 2.25. The minimum absolute atomic E-state index is 0.402. The van der Waals surface area contributed by atoms with E-state index in [0.29, 0.717) is 17.9 Å². The van der Waals surface area contributed by atoms with Gasteiger partial charge in [-0.3, -0.25) is 0 Å². The van der Waals surface area contributed by atoms with Gasteiger partial charge >= 0.3 is 0 Å². The van der Waals surface area contributed by atoms with Crippen molar-refractivity contribution < 1.29 is 0 Å². The molecule has 1 aliphatic carbocycles.